The maximum absolute atomic E-state index is 13.5. The summed E-state index contributed by atoms with van der Waals surface area (Å²) in [5.41, 5.74) is 11.7. The molecule has 5 rings (SSSR count). The highest BCUT2D eigenvalue weighted by molar-refractivity contribution is 5.81. The number of halogens is 3. The van der Waals surface area contributed by atoms with Gasteiger partial charge in [0.1, 0.15) is 5.65 Å². The van der Waals surface area contributed by atoms with Crippen molar-refractivity contribution in [2.75, 3.05) is 5.32 Å². The fraction of sp³-hybridized carbons (Fsp3) is 0.148. The predicted molar refractivity (Wildman–Crippen MR) is 138 cm³/mol. The van der Waals surface area contributed by atoms with Crippen LogP contribution in [0, 0.1) is 0 Å². The molecule has 3 heterocycles. The summed E-state index contributed by atoms with van der Waals surface area (Å²) in [7, 11) is 0. The Balaban J connectivity index is 1.63. The van der Waals surface area contributed by atoms with Gasteiger partial charge in [0, 0.05) is 22.9 Å². The first-order chi connectivity index (χ1) is 18.3. The molecular formula is C27H21F3N8. The summed E-state index contributed by atoms with van der Waals surface area (Å²) < 4.78 is 42.3. The van der Waals surface area contributed by atoms with Gasteiger partial charge in [-0.1, -0.05) is 47.6 Å². The quantitative estimate of drug-likeness (QED) is 0.138. The number of nitrogens with one attached hydrogen (secondary N) is 1. The normalized spacial score (nSPS) is 12.2. The topological polar surface area (TPSA) is 104 Å². The molecule has 38 heavy (non-hydrogen) atoms. The molecule has 1 atom stereocenters. The van der Waals surface area contributed by atoms with Crippen molar-refractivity contribution in [2.45, 2.75) is 25.7 Å². The van der Waals surface area contributed by atoms with Crippen LogP contribution in [0.1, 0.15) is 29.7 Å². The van der Waals surface area contributed by atoms with E-state index in [4.69, 9.17) is 5.53 Å². The van der Waals surface area contributed by atoms with Crippen LogP contribution in [0.5, 0.6) is 0 Å². The Morgan fingerprint density at radius 3 is 2.61 bits per heavy atom. The lowest BCUT2D eigenvalue weighted by atomic mass is 10.0. The first-order valence-electron chi connectivity index (χ1n) is 11.7. The van der Waals surface area contributed by atoms with E-state index in [2.05, 4.69) is 30.3 Å². The lowest BCUT2D eigenvalue weighted by molar-refractivity contribution is -0.137. The standard InChI is InChI=1S/C27H21F3N8/c1-17(19-6-3-2-4-7-19)34-26-32-12-10-22(35-26)25-24(20-8-5-9-21(15-20)27(28,29)30)36-23-14-18(16-33-37-31)11-13-38(23)25/h2-15,17H,16H2,1H3,(H,32,34,35)/t17-/m0/s1. The molecule has 2 aromatic carbocycles. The number of azide groups is 1. The Morgan fingerprint density at radius 2 is 1.84 bits per heavy atom. The molecule has 0 bridgehead atoms. The van der Waals surface area contributed by atoms with E-state index in [0.29, 0.717) is 39.8 Å². The first-order valence-corrected chi connectivity index (χ1v) is 11.7. The molecular weight excluding hydrogens is 493 g/mol. The molecule has 8 nitrogen and oxygen atoms in total. The largest absolute Gasteiger partial charge is 0.416 e. The van der Waals surface area contributed by atoms with Gasteiger partial charge in [0.15, 0.2) is 0 Å². The number of aromatic nitrogens is 4. The van der Waals surface area contributed by atoms with Crippen LogP contribution >= 0.6 is 0 Å². The van der Waals surface area contributed by atoms with Crippen LogP contribution in [0.2, 0.25) is 0 Å². The van der Waals surface area contributed by atoms with Gasteiger partial charge < -0.3 is 5.32 Å². The molecule has 0 aliphatic rings. The minimum Gasteiger partial charge on any atom is -0.348 e. The number of benzene rings is 2. The van der Waals surface area contributed by atoms with E-state index in [1.807, 2.05) is 37.3 Å². The van der Waals surface area contributed by atoms with Crippen LogP contribution in [0.25, 0.3) is 38.7 Å². The smallest absolute Gasteiger partial charge is 0.348 e. The Kier molecular flexibility index (Phi) is 6.68. The van der Waals surface area contributed by atoms with Gasteiger partial charge in [-0.15, -0.1) is 0 Å². The molecule has 1 N–H and O–H groups in total. The van der Waals surface area contributed by atoms with Gasteiger partial charge in [0.05, 0.1) is 35.2 Å². The molecule has 3 aromatic heterocycles. The van der Waals surface area contributed by atoms with Crippen LogP contribution in [0.15, 0.2) is 90.3 Å². The summed E-state index contributed by atoms with van der Waals surface area (Å²) in [5, 5.41) is 6.87. The zero-order valence-electron chi connectivity index (χ0n) is 20.1. The van der Waals surface area contributed by atoms with Gasteiger partial charge in [0.2, 0.25) is 5.95 Å². The summed E-state index contributed by atoms with van der Waals surface area (Å²) in [5.74, 6) is 0.365. The summed E-state index contributed by atoms with van der Waals surface area (Å²) in [6.07, 6.45) is -1.18. The zero-order valence-corrected chi connectivity index (χ0v) is 20.1. The van der Waals surface area contributed by atoms with Crippen molar-refractivity contribution in [1.29, 1.82) is 0 Å². The Bertz CT molecular complexity index is 1640. The Morgan fingerprint density at radius 1 is 1.03 bits per heavy atom. The van der Waals surface area contributed by atoms with E-state index in [-0.39, 0.29) is 12.6 Å². The van der Waals surface area contributed by atoms with E-state index >= 15 is 0 Å². The molecule has 190 valence electrons. The highest BCUT2D eigenvalue weighted by atomic mass is 19.4. The van der Waals surface area contributed by atoms with Crippen molar-refractivity contribution >= 4 is 11.6 Å². The second kappa shape index (κ2) is 10.2. The van der Waals surface area contributed by atoms with Crippen LogP contribution in [0.3, 0.4) is 0 Å². The molecule has 0 spiro atoms. The number of nitrogens with zero attached hydrogens (tertiary/aromatic N) is 7. The van der Waals surface area contributed by atoms with Gasteiger partial charge in [-0.25, -0.2) is 15.0 Å². The number of imidazole rings is 1. The molecule has 0 saturated carbocycles. The summed E-state index contributed by atoms with van der Waals surface area (Å²) in [6, 6.07) is 19.9. The first kappa shape index (κ1) is 24.8. The third-order valence-corrected chi connectivity index (χ3v) is 6.01. The molecule has 0 saturated heterocycles. The molecule has 0 aliphatic carbocycles. The van der Waals surface area contributed by atoms with Crippen molar-refractivity contribution < 1.29 is 13.2 Å². The second-order valence-corrected chi connectivity index (χ2v) is 8.58. The van der Waals surface area contributed by atoms with Crippen molar-refractivity contribution in [3.63, 3.8) is 0 Å². The number of hydrogen-bond acceptors (Lipinski definition) is 5. The van der Waals surface area contributed by atoms with Gasteiger partial charge in [-0.2, -0.15) is 13.2 Å². The third-order valence-electron chi connectivity index (χ3n) is 6.01. The third kappa shape index (κ3) is 5.14. The summed E-state index contributed by atoms with van der Waals surface area (Å²) in [4.78, 5) is 16.5. The molecule has 0 amide bonds. The van der Waals surface area contributed by atoms with E-state index in [1.54, 1.807) is 41.1 Å². The lowest BCUT2D eigenvalue weighted by Gasteiger charge is -2.15. The molecule has 0 aliphatic heterocycles. The van der Waals surface area contributed by atoms with Gasteiger partial charge >= 0.3 is 6.18 Å². The fourth-order valence-corrected chi connectivity index (χ4v) is 4.17. The number of hydrogen-bond donors (Lipinski definition) is 1. The lowest BCUT2D eigenvalue weighted by Crippen LogP contribution is -2.09. The van der Waals surface area contributed by atoms with Gasteiger partial charge in [0.25, 0.3) is 0 Å². The predicted octanol–water partition coefficient (Wildman–Crippen LogP) is 7.46. The van der Waals surface area contributed by atoms with E-state index in [1.165, 1.54) is 6.07 Å². The molecule has 0 unspecified atom stereocenters. The van der Waals surface area contributed by atoms with Crippen molar-refractivity contribution in [2.24, 2.45) is 5.11 Å². The maximum atomic E-state index is 13.5. The van der Waals surface area contributed by atoms with Crippen molar-refractivity contribution in [1.82, 2.24) is 19.4 Å². The monoisotopic (exact) mass is 514 g/mol. The molecule has 0 radical (unpaired) electrons. The fourth-order valence-electron chi connectivity index (χ4n) is 4.17. The SMILES string of the molecule is C[C@H](Nc1nccc(-c2c(-c3cccc(C(F)(F)F)c3)nc3cc(CN=[N+]=[N-])ccn23)n1)c1ccccc1. The van der Waals surface area contributed by atoms with Crippen LogP contribution in [-0.4, -0.2) is 19.4 Å². The average molecular weight is 515 g/mol. The molecule has 11 heteroatoms. The summed E-state index contributed by atoms with van der Waals surface area (Å²) in [6.45, 7) is 2.10. The highest BCUT2D eigenvalue weighted by Crippen LogP contribution is 2.36. The van der Waals surface area contributed by atoms with Crippen LogP contribution < -0.4 is 5.32 Å². The van der Waals surface area contributed by atoms with E-state index in [0.717, 1.165) is 17.7 Å². The summed E-state index contributed by atoms with van der Waals surface area (Å²) >= 11 is 0. The Labute approximate surface area is 215 Å². The van der Waals surface area contributed by atoms with Crippen LogP contribution in [0.4, 0.5) is 19.1 Å². The minimum atomic E-state index is -4.50. The van der Waals surface area contributed by atoms with Crippen molar-refractivity contribution in [3.05, 3.63) is 112 Å². The van der Waals surface area contributed by atoms with Crippen molar-refractivity contribution in [3.8, 4) is 22.6 Å². The molecule has 5 aromatic rings. The van der Waals surface area contributed by atoms with Crippen LogP contribution in [-0.2, 0) is 12.7 Å². The van der Waals surface area contributed by atoms with E-state index in [9.17, 15) is 13.2 Å². The number of fused-ring (bicyclic) bond motifs is 1. The highest BCUT2D eigenvalue weighted by Gasteiger charge is 2.31. The van der Waals surface area contributed by atoms with Gasteiger partial charge in [-0.05, 0) is 53.9 Å². The minimum absolute atomic E-state index is 0.0835. The maximum Gasteiger partial charge on any atom is 0.416 e. The molecule has 0 fully saturated rings. The van der Waals surface area contributed by atoms with Gasteiger partial charge in [-0.3, -0.25) is 4.40 Å². The number of alkyl halides is 3. The number of rotatable bonds is 7. The number of pyridine rings is 1. The zero-order chi connectivity index (χ0) is 26.7. The second-order valence-electron chi connectivity index (χ2n) is 8.58. The Hall–Kier alpha value is -4.89. The van der Waals surface area contributed by atoms with E-state index < -0.39 is 11.7 Å². The number of anilines is 1. The average Bonchev–Trinajstić information content (AvgIpc) is 3.31.